The Balaban J connectivity index is 2.12. The molecule has 0 saturated carbocycles. The van der Waals surface area contributed by atoms with Crippen molar-refractivity contribution in [3.05, 3.63) is 40.4 Å². The molecule has 0 amide bonds. The molecule has 0 bridgehead atoms. The minimum Gasteiger partial charge on any atom is -0.372 e. The highest BCUT2D eigenvalue weighted by molar-refractivity contribution is 6.37. The van der Waals surface area contributed by atoms with E-state index in [0.717, 1.165) is 24.6 Å². The first kappa shape index (κ1) is 14.3. The Morgan fingerprint density at radius 2 is 1.81 bits per heavy atom. The number of nitrogens with zero attached hydrogens (tertiary/aromatic N) is 3. The van der Waals surface area contributed by atoms with E-state index in [4.69, 9.17) is 23.2 Å². The number of benzene rings is 1. The van der Waals surface area contributed by atoms with Crippen LogP contribution in [0.2, 0.25) is 10.0 Å². The van der Waals surface area contributed by atoms with Gasteiger partial charge in [0.15, 0.2) is 5.82 Å². The van der Waals surface area contributed by atoms with E-state index >= 15 is 0 Å². The van der Waals surface area contributed by atoms with Gasteiger partial charge in [0.1, 0.15) is 5.82 Å². The number of halogens is 2. The first-order chi connectivity index (χ1) is 10.1. The van der Waals surface area contributed by atoms with Crippen molar-refractivity contribution in [2.75, 3.05) is 42.3 Å². The molecule has 3 rings (SSSR count). The molecule has 6 heteroatoms. The SMILES string of the molecule is CNc1nc(N2CCN(C)c3ccccc32)c(Cl)cc1Cl. The van der Waals surface area contributed by atoms with Crippen molar-refractivity contribution >= 4 is 46.2 Å². The van der Waals surface area contributed by atoms with Crippen molar-refractivity contribution in [1.29, 1.82) is 0 Å². The first-order valence-corrected chi connectivity index (χ1v) is 7.49. The number of anilines is 4. The molecule has 0 radical (unpaired) electrons. The fourth-order valence-corrected chi connectivity index (χ4v) is 3.10. The first-order valence-electron chi connectivity index (χ1n) is 6.73. The predicted octanol–water partition coefficient (Wildman–Crippen LogP) is 4.02. The quantitative estimate of drug-likeness (QED) is 0.904. The van der Waals surface area contributed by atoms with E-state index in [9.17, 15) is 0 Å². The lowest BCUT2D eigenvalue weighted by atomic mass is 10.1. The van der Waals surface area contributed by atoms with Gasteiger partial charge >= 0.3 is 0 Å². The number of para-hydroxylation sites is 2. The van der Waals surface area contributed by atoms with Crippen molar-refractivity contribution in [3.63, 3.8) is 0 Å². The van der Waals surface area contributed by atoms with Gasteiger partial charge in [-0.2, -0.15) is 0 Å². The summed E-state index contributed by atoms with van der Waals surface area (Å²) in [5.41, 5.74) is 2.27. The molecule has 0 aliphatic carbocycles. The summed E-state index contributed by atoms with van der Waals surface area (Å²) in [5.74, 6) is 1.36. The van der Waals surface area contributed by atoms with Crippen LogP contribution in [0.25, 0.3) is 0 Å². The highest BCUT2D eigenvalue weighted by Gasteiger charge is 2.24. The lowest BCUT2D eigenvalue weighted by Crippen LogP contribution is -2.37. The Morgan fingerprint density at radius 1 is 1.10 bits per heavy atom. The molecular formula is C15H16Cl2N4. The van der Waals surface area contributed by atoms with Gasteiger partial charge in [-0.25, -0.2) is 4.98 Å². The van der Waals surface area contributed by atoms with Gasteiger partial charge in [0.25, 0.3) is 0 Å². The van der Waals surface area contributed by atoms with Gasteiger partial charge in [-0.3, -0.25) is 0 Å². The summed E-state index contributed by atoms with van der Waals surface area (Å²) >= 11 is 12.5. The molecule has 0 unspecified atom stereocenters. The van der Waals surface area contributed by atoms with Crippen LogP contribution in [-0.2, 0) is 0 Å². The second-order valence-corrected chi connectivity index (χ2v) is 5.75. The van der Waals surface area contributed by atoms with E-state index in [1.54, 1.807) is 13.1 Å². The highest BCUT2D eigenvalue weighted by atomic mass is 35.5. The zero-order chi connectivity index (χ0) is 15.0. The lowest BCUT2D eigenvalue weighted by molar-refractivity contribution is 0.814. The Hall–Kier alpha value is -1.65. The lowest BCUT2D eigenvalue weighted by Gasteiger charge is -2.36. The molecule has 4 nitrogen and oxygen atoms in total. The van der Waals surface area contributed by atoms with Gasteiger partial charge in [0.2, 0.25) is 0 Å². The summed E-state index contributed by atoms with van der Waals surface area (Å²) < 4.78 is 0. The van der Waals surface area contributed by atoms with Crippen molar-refractivity contribution < 1.29 is 0 Å². The summed E-state index contributed by atoms with van der Waals surface area (Å²) in [5, 5.41) is 4.07. The topological polar surface area (TPSA) is 31.4 Å². The number of likely N-dealkylation sites (N-methyl/N-ethyl adjacent to an activating group) is 1. The van der Waals surface area contributed by atoms with Gasteiger partial charge in [-0.1, -0.05) is 35.3 Å². The second kappa shape index (κ2) is 5.62. The molecule has 1 aromatic heterocycles. The van der Waals surface area contributed by atoms with Crippen LogP contribution in [-0.4, -0.2) is 32.2 Å². The third kappa shape index (κ3) is 2.49. The third-order valence-electron chi connectivity index (χ3n) is 3.65. The summed E-state index contributed by atoms with van der Waals surface area (Å²) in [6.07, 6.45) is 0. The Kier molecular flexibility index (Phi) is 3.83. The number of hydrogen-bond acceptors (Lipinski definition) is 4. The van der Waals surface area contributed by atoms with Gasteiger partial charge in [-0.05, 0) is 18.2 Å². The molecule has 110 valence electrons. The highest BCUT2D eigenvalue weighted by Crippen LogP contribution is 2.40. The van der Waals surface area contributed by atoms with E-state index in [2.05, 4.69) is 39.3 Å². The molecule has 2 aromatic rings. The number of aromatic nitrogens is 1. The average molecular weight is 323 g/mol. The molecule has 0 fully saturated rings. The van der Waals surface area contributed by atoms with Crippen LogP contribution < -0.4 is 15.1 Å². The molecular weight excluding hydrogens is 307 g/mol. The van der Waals surface area contributed by atoms with Crippen LogP contribution in [0.15, 0.2) is 30.3 Å². The molecule has 1 aliphatic rings. The van der Waals surface area contributed by atoms with Gasteiger partial charge in [-0.15, -0.1) is 0 Å². The zero-order valence-corrected chi connectivity index (χ0v) is 13.4. The van der Waals surface area contributed by atoms with Gasteiger partial charge in [0.05, 0.1) is 21.4 Å². The summed E-state index contributed by atoms with van der Waals surface area (Å²) in [7, 11) is 3.88. The van der Waals surface area contributed by atoms with Crippen LogP contribution in [0.5, 0.6) is 0 Å². The number of hydrogen-bond donors (Lipinski definition) is 1. The zero-order valence-electron chi connectivity index (χ0n) is 11.9. The van der Waals surface area contributed by atoms with Crippen LogP contribution in [0.3, 0.4) is 0 Å². The molecule has 0 atom stereocenters. The maximum absolute atomic E-state index is 6.36. The van der Waals surface area contributed by atoms with Gasteiger partial charge < -0.3 is 15.1 Å². The fourth-order valence-electron chi connectivity index (χ4n) is 2.55. The van der Waals surface area contributed by atoms with Crippen LogP contribution >= 0.6 is 23.2 Å². The number of fused-ring (bicyclic) bond motifs is 1. The molecule has 1 aromatic carbocycles. The maximum atomic E-state index is 6.36. The standard InChI is InChI=1S/C15H16Cl2N4/c1-18-14-10(16)9-11(17)15(19-14)21-8-7-20(2)12-5-3-4-6-13(12)21/h3-6,9H,7-8H2,1-2H3,(H,18,19). The summed E-state index contributed by atoms with van der Waals surface area (Å²) in [6.45, 7) is 1.73. The van der Waals surface area contributed by atoms with Crippen molar-refractivity contribution in [3.8, 4) is 0 Å². The third-order valence-corrected chi connectivity index (χ3v) is 4.21. The minimum atomic E-state index is 0.522. The second-order valence-electron chi connectivity index (χ2n) is 4.94. The van der Waals surface area contributed by atoms with E-state index in [0.29, 0.717) is 15.9 Å². The Morgan fingerprint density at radius 3 is 2.52 bits per heavy atom. The minimum absolute atomic E-state index is 0.522. The van der Waals surface area contributed by atoms with E-state index in [1.165, 1.54) is 5.69 Å². The van der Waals surface area contributed by atoms with Crippen LogP contribution in [0, 0.1) is 0 Å². The summed E-state index contributed by atoms with van der Waals surface area (Å²) in [4.78, 5) is 8.93. The average Bonchev–Trinajstić information content (AvgIpc) is 2.49. The Bertz CT molecular complexity index is 675. The smallest absolute Gasteiger partial charge is 0.154 e. The molecule has 0 spiro atoms. The molecule has 1 N–H and O–H groups in total. The van der Waals surface area contributed by atoms with Crippen molar-refractivity contribution in [2.45, 2.75) is 0 Å². The number of rotatable bonds is 2. The molecule has 0 saturated heterocycles. The fraction of sp³-hybridized carbons (Fsp3) is 0.267. The summed E-state index contributed by atoms with van der Waals surface area (Å²) in [6, 6.07) is 9.97. The normalized spacial score (nSPS) is 14.1. The van der Waals surface area contributed by atoms with Crippen LogP contribution in [0.4, 0.5) is 23.0 Å². The molecule has 1 aliphatic heterocycles. The monoisotopic (exact) mass is 322 g/mol. The van der Waals surface area contributed by atoms with Gasteiger partial charge in [0, 0.05) is 27.2 Å². The Labute approximate surface area is 134 Å². The van der Waals surface area contributed by atoms with E-state index in [-0.39, 0.29) is 0 Å². The number of pyridine rings is 1. The predicted molar refractivity (Wildman–Crippen MR) is 90.5 cm³/mol. The van der Waals surface area contributed by atoms with E-state index < -0.39 is 0 Å². The molecule has 2 heterocycles. The maximum Gasteiger partial charge on any atom is 0.154 e. The van der Waals surface area contributed by atoms with Crippen LogP contribution in [0.1, 0.15) is 0 Å². The largest absolute Gasteiger partial charge is 0.372 e. The van der Waals surface area contributed by atoms with E-state index in [1.807, 2.05) is 12.1 Å². The number of nitrogens with one attached hydrogen (secondary N) is 1. The molecule has 21 heavy (non-hydrogen) atoms. The van der Waals surface area contributed by atoms with Crippen molar-refractivity contribution in [2.24, 2.45) is 0 Å². The van der Waals surface area contributed by atoms with Crippen molar-refractivity contribution in [1.82, 2.24) is 4.98 Å².